The molecule has 0 spiro atoms. The molecule has 0 saturated heterocycles. The molecule has 1 aliphatic carbocycles. The normalized spacial score (nSPS) is 14.6. The van der Waals surface area contributed by atoms with Crippen molar-refractivity contribution in [3.05, 3.63) is 47.5 Å². The van der Waals surface area contributed by atoms with Gasteiger partial charge in [-0.25, -0.2) is 14.4 Å². The molecule has 92 valence electrons. The highest BCUT2D eigenvalue weighted by Crippen LogP contribution is 2.40. The predicted octanol–water partition coefficient (Wildman–Crippen LogP) is 3.55. The van der Waals surface area contributed by atoms with Crippen molar-refractivity contribution in [2.24, 2.45) is 0 Å². The lowest BCUT2D eigenvalue weighted by Crippen LogP contribution is -2.02. The van der Waals surface area contributed by atoms with E-state index in [9.17, 15) is 4.39 Å². The zero-order valence-corrected chi connectivity index (χ0v) is 10.2. The van der Waals surface area contributed by atoms with Crippen LogP contribution in [0.3, 0.4) is 0 Å². The summed E-state index contributed by atoms with van der Waals surface area (Å²) in [6.45, 7) is 2.02. The van der Waals surface area contributed by atoms with Gasteiger partial charge in [0.2, 0.25) is 5.95 Å². The number of aryl methyl sites for hydroxylation is 1. The van der Waals surface area contributed by atoms with E-state index in [0.29, 0.717) is 11.6 Å². The van der Waals surface area contributed by atoms with Crippen LogP contribution < -0.4 is 5.32 Å². The summed E-state index contributed by atoms with van der Waals surface area (Å²) in [6, 6.07) is 7.93. The van der Waals surface area contributed by atoms with Crippen molar-refractivity contribution in [3.8, 4) is 0 Å². The number of aromatic nitrogens is 2. The van der Waals surface area contributed by atoms with Gasteiger partial charge < -0.3 is 5.32 Å². The van der Waals surface area contributed by atoms with Crippen molar-refractivity contribution < 1.29 is 4.39 Å². The lowest BCUT2D eigenvalue weighted by Gasteiger charge is -2.07. The molecule has 1 fully saturated rings. The van der Waals surface area contributed by atoms with Gasteiger partial charge in [-0.2, -0.15) is 0 Å². The maximum Gasteiger partial charge on any atom is 0.227 e. The molecule has 1 aromatic carbocycles. The van der Waals surface area contributed by atoms with Gasteiger partial charge in [0.15, 0.2) is 5.82 Å². The topological polar surface area (TPSA) is 37.8 Å². The standard InChI is InChI=1S/C14H14FN3/c1-9-3-2-4-11(7-9)17-14-16-8-12(15)13(18-14)10-5-6-10/h2-4,7-8,10H,5-6H2,1H3,(H,16,17,18). The Morgan fingerprint density at radius 1 is 1.33 bits per heavy atom. The third-order valence-electron chi connectivity index (χ3n) is 3.01. The van der Waals surface area contributed by atoms with E-state index in [1.165, 1.54) is 6.20 Å². The van der Waals surface area contributed by atoms with Crippen LogP contribution in [0.15, 0.2) is 30.5 Å². The third kappa shape index (κ3) is 2.32. The molecule has 0 unspecified atom stereocenters. The summed E-state index contributed by atoms with van der Waals surface area (Å²) in [4.78, 5) is 8.24. The van der Waals surface area contributed by atoms with Crippen LogP contribution in [0.25, 0.3) is 0 Å². The minimum absolute atomic E-state index is 0.283. The van der Waals surface area contributed by atoms with E-state index in [4.69, 9.17) is 0 Å². The highest BCUT2D eigenvalue weighted by Gasteiger charge is 2.28. The van der Waals surface area contributed by atoms with E-state index >= 15 is 0 Å². The average Bonchev–Trinajstić information content (AvgIpc) is 3.16. The Labute approximate surface area is 105 Å². The maximum atomic E-state index is 13.5. The Bertz CT molecular complexity index is 579. The SMILES string of the molecule is Cc1cccc(Nc2ncc(F)c(C3CC3)n2)c1. The first-order valence-electron chi connectivity index (χ1n) is 6.08. The molecule has 0 aliphatic heterocycles. The van der Waals surface area contributed by atoms with E-state index in [1.54, 1.807) is 0 Å². The van der Waals surface area contributed by atoms with Crippen molar-refractivity contribution in [1.82, 2.24) is 9.97 Å². The molecule has 4 heteroatoms. The fraction of sp³-hybridized carbons (Fsp3) is 0.286. The van der Waals surface area contributed by atoms with Crippen LogP contribution in [0.4, 0.5) is 16.0 Å². The van der Waals surface area contributed by atoms with Gasteiger partial charge in [0.1, 0.15) is 0 Å². The summed E-state index contributed by atoms with van der Waals surface area (Å²) in [7, 11) is 0. The van der Waals surface area contributed by atoms with Gasteiger partial charge in [-0.1, -0.05) is 12.1 Å². The van der Waals surface area contributed by atoms with Crippen molar-refractivity contribution in [1.29, 1.82) is 0 Å². The molecule has 0 amide bonds. The molecule has 1 heterocycles. The summed E-state index contributed by atoms with van der Waals surface area (Å²) in [5, 5.41) is 3.11. The quantitative estimate of drug-likeness (QED) is 0.895. The molecule has 1 N–H and O–H groups in total. The number of halogens is 1. The van der Waals surface area contributed by atoms with Crippen LogP contribution in [-0.2, 0) is 0 Å². The third-order valence-corrected chi connectivity index (χ3v) is 3.01. The average molecular weight is 243 g/mol. The van der Waals surface area contributed by atoms with Gasteiger partial charge in [0.25, 0.3) is 0 Å². The number of nitrogens with one attached hydrogen (secondary N) is 1. The lowest BCUT2D eigenvalue weighted by atomic mass is 10.2. The first-order chi connectivity index (χ1) is 8.72. The minimum Gasteiger partial charge on any atom is -0.324 e. The van der Waals surface area contributed by atoms with E-state index in [1.807, 2.05) is 31.2 Å². The molecule has 3 nitrogen and oxygen atoms in total. The Morgan fingerprint density at radius 2 is 2.17 bits per heavy atom. The van der Waals surface area contributed by atoms with Crippen LogP contribution in [0.2, 0.25) is 0 Å². The Hall–Kier alpha value is -1.97. The van der Waals surface area contributed by atoms with Gasteiger partial charge in [0, 0.05) is 11.6 Å². The number of rotatable bonds is 3. The Balaban J connectivity index is 1.86. The van der Waals surface area contributed by atoms with Crippen molar-refractivity contribution in [2.75, 3.05) is 5.32 Å². The van der Waals surface area contributed by atoms with E-state index in [-0.39, 0.29) is 11.7 Å². The molecule has 0 atom stereocenters. The number of hydrogen-bond acceptors (Lipinski definition) is 3. The molecule has 1 saturated carbocycles. The van der Waals surface area contributed by atoms with E-state index in [0.717, 1.165) is 24.1 Å². The summed E-state index contributed by atoms with van der Waals surface area (Å²) in [6.07, 6.45) is 3.30. The summed E-state index contributed by atoms with van der Waals surface area (Å²) in [5.41, 5.74) is 2.62. The van der Waals surface area contributed by atoms with Crippen LogP contribution in [0.5, 0.6) is 0 Å². The van der Waals surface area contributed by atoms with Gasteiger partial charge in [0.05, 0.1) is 11.9 Å². The number of hydrogen-bond donors (Lipinski definition) is 1. The highest BCUT2D eigenvalue weighted by molar-refractivity contribution is 5.54. The monoisotopic (exact) mass is 243 g/mol. The van der Waals surface area contributed by atoms with Gasteiger partial charge >= 0.3 is 0 Å². The summed E-state index contributed by atoms with van der Waals surface area (Å²) in [5.74, 6) is 0.447. The molecular formula is C14H14FN3. The Kier molecular flexibility index (Phi) is 2.70. The van der Waals surface area contributed by atoms with Crippen molar-refractivity contribution in [2.45, 2.75) is 25.7 Å². The van der Waals surface area contributed by atoms with Crippen LogP contribution in [0.1, 0.15) is 30.0 Å². The molecule has 1 aromatic heterocycles. The molecule has 18 heavy (non-hydrogen) atoms. The highest BCUT2D eigenvalue weighted by atomic mass is 19.1. The minimum atomic E-state index is -0.299. The largest absolute Gasteiger partial charge is 0.324 e. The smallest absolute Gasteiger partial charge is 0.227 e. The molecule has 0 bridgehead atoms. The zero-order chi connectivity index (χ0) is 12.5. The predicted molar refractivity (Wildman–Crippen MR) is 68.4 cm³/mol. The van der Waals surface area contributed by atoms with Crippen molar-refractivity contribution >= 4 is 11.6 Å². The number of anilines is 2. The molecule has 2 aromatic rings. The first-order valence-corrected chi connectivity index (χ1v) is 6.08. The second-order valence-corrected chi connectivity index (χ2v) is 4.70. The second kappa shape index (κ2) is 4.37. The molecular weight excluding hydrogens is 229 g/mol. The second-order valence-electron chi connectivity index (χ2n) is 4.70. The van der Waals surface area contributed by atoms with Gasteiger partial charge in [-0.3, -0.25) is 0 Å². The van der Waals surface area contributed by atoms with Crippen LogP contribution in [0, 0.1) is 12.7 Å². The fourth-order valence-corrected chi connectivity index (χ4v) is 1.94. The van der Waals surface area contributed by atoms with Crippen LogP contribution >= 0.6 is 0 Å². The van der Waals surface area contributed by atoms with Crippen molar-refractivity contribution in [3.63, 3.8) is 0 Å². The molecule has 1 aliphatic rings. The maximum absolute atomic E-state index is 13.5. The fourth-order valence-electron chi connectivity index (χ4n) is 1.94. The van der Waals surface area contributed by atoms with Crippen LogP contribution in [-0.4, -0.2) is 9.97 Å². The first kappa shape index (κ1) is 11.1. The van der Waals surface area contributed by atoms with E-state index in [2.05, 4.69) is 15.3 Å². The Morgan fingerprint density at radius 3 is 2.89 bits per heavy atom. The number of benzene rings is 1. The molecule has 0 radical (unpaired) electrons. The summed E-state index contributed by atoms with van der Waals surface area (Å²) >= 11 is 0. The zero-order valence-electron chi connectivity index (χ0n) is 10.2. The van der Waals surface area contributed by atoms with Gasteiger partial charge in [-0.05, 0) is 37.5 Å². The number of nitrogens with zero attached hydrogens (tertiary/aromatic N) is 2. The lowest BCUT2D eigenvalue weighted by molar-refractivity contribution is 0.593. The summed E-state index contributed by atoms with van der Waals surface area (Å²) < 4.78 is 13.5. The van der Waals surface area contributed by atoms with Gasteiger partial charge in [-0.15, -0.1) is 0 Å². The molecule has 3 rings (SSSR count). The van der Waals surface area contributed by atoms with E-state index < -0.39 is 0 Å².